The normalized spacial score (nSPS) is 20.2. The minimum atomic E-state index is 0.693. The summed E-state index contributed by atoms with van der Waals surface area (Å²) in [6.07, 6.45) is 2.66. The van der Waals surface area contributed by atoms with E-state index in [4.69, 9.17) is 4.74 Å². The molecule has 1 heterocycles. The summed E-state index contributed by atoms with van der Waals surface area (Å²) in [5.74, 6) is 0. The van der Waals surface area contributed by atoms with Gasteiger partial charge in [0.25, 0.3) is 0 Å². The van der Waals surface area contributed by atoms with Crippen molar-refractivity contribution in [3.63, 3.8) is 0 Å². The molecule has 1 rings (SSSR count). The standard InChI is InChI=1S/C14H31N3O/c1-4-16(5-2)9-10-17(11-12-18-3)13-14-7-6-8-15-14/h14-15H,4-13H2,1-3H3. The molecule has 1 atom stereocenters. The number of rotatable bonds is 10. The lowest BCUT2D eigenvalue weighted by atomic mass is 10.2. The first-order chi connectivity index (χ1) is 8.80. The zero-order valence-electron chi connectivity index (χ0n) is 12.5. The van der Waals surface area contributed by atoms with E-state index in [1.54, 1.807) is 7.11 Å². The summed E-state index contributed by atoms with van der Waals surface area (Å²) < 4.78 is 5.22. The topological polar surface area (TPSA) is 27.7 Å². The first kappa shape index (κ1) is 15.9. The van der Waals surface area contributed by atoms with Gasteiger partial charge < -0.3 is 15.0 Å². The predicted octanol–water partition coefficient (Wildman–Crippen LogP) is 1.03. The second-order valence-electron chi connectivity index (χ2n) is 5.11. The Morgan fingerprint density at radius 2 is 1.83 bits per heavy atom. The number of nitrogens with one attached hydrogen (secondary N) is 1. The van der Waals surface area contributed by atoms with Crippen LogP contribution in [0.2, 0.25) is 0 Å². The lowest BCUT2D eigenvalue weighted by Gasteiger charge is -2.28. The summed E-state index contributed by atoms with van der Waals surface area (Å²) in [4.78, 5) is 5.03. The summed E-state index contributed by atoms with van der Waals surface area (Å²) in [6.45, 7) is 13.4. The molecule has 4 nitrogen and oxygen atoms in total. The SMILES string of the molecule is CCN(CC)CCN(CCOC)CC1CCCN1. The number of hydrogen-bond donors (Lipinski definition) is 1. The molecule has 1 fully saturated rings. The van der Waals surface area contributed by atoms with Gasteiger partial charge in [-0.15, -0.1) is 0 Å². The molecule has 0 saturated carbocycles. The number of nitrogens with zero attached hydrogens (tertiary/aromatic N) is 2. The van der Waals surface area contributed by atoms with Gasteiger partial charge in [-0.25, -0.2) is 0 Å². The maximum absolute atomic E-state index is 5.22. The molecule has 0 amide bonds. The van der Waals surface area contributed by atoms with Crippen molar-refractivity contribution in [2.45, 2.75) is 32.7 Å². The van der Waals surface area contributed by atoms with Crippen LogP contribution >= 0.6 is 0 Å². The number of methoxy groups -OCH3 is 1. The van der Waals surface area contributed by atoms with E-state index in [9.17, 15) is 0 Å². The molecule has 1 unspecified atom stereocenters. The summed E-state index contributed by atoms with van der Waals surface area (Å²) in [7, 11) is 1.79. The van der Waals surface area contributed by atoms with Gasteiger partial charge in [0.2, 0.25) is 0 Å². The van der Waals surface area contributed by atoms with Crippen molar-refractivity contribution < 1.29 is 4.74 Å². The highest BCUT2D eigenvalue weighted by molar-refractivity contribution is 4.78. The van der Waals surface area contributed by atoms with E-state index >= 15 is 0 Å². The van der Waals surface area contributed by atoms with Crippen LogP contribution in [0, 0.1) is 0 Å². The second-order valence-corrected chi connectivity index (χ2v) is 5.11. The van der Waals surface area contributed by atoms with E-state index in [-0.39, 0.29) is 0 Å². The van der Waals surface area contributed by atoms with Crippen LogP contribution in [-0.2, 0) is 4.74 Å². The highest BCUT2D eigenvalue weighted by atomic mass is 16.5. The van der Waals surface area contributed by atoms with E-state index in [0.29, 0.717) is 6.04 Å². The van der Waals surface area contributed by atoms with Crippen LogP contribution in [-0.4, -0.2) is 75.4 Å². The third kappa shape index (κ3) is 6.14. The zero-order chi connectivity index (χ0) is 13.2. The van der Waals surface area contributed by atoms with Crippen LogP contribution in [0.15, 0.2) is 0 Å². The Labute approximate surface area is 113 Å². The van der Waals surface area contributed by atoms with Gasteiger partial charge in [0, 0.05) is 39.3 Å². The smallest absolute Gasteiger partial charge is 0.0589 e. The van der Waals surface area contributed by atoms with Crippen molar-refractivity contribution in [1.82, 2.24) is 15.1 Å². The largest absolute Gasteiger partial charge is 0.383 e. The van der Waals surface area contributed by atoms with E-state index in [1.165, 1.54) is 32.5 Å². The molecule has 4 heteroatoms. The van der Waals surface area contributed by atoms with Gasteiger partial charge in [-0.05, 0) is 32.5 Å². The molecule has 0 bridgehead atoms. The average Bonchev–Trinajstić information content (AvgIpc) is 2.89. The molecule has 1 aliphatic heterocycles. The van der Waals surface area contributed by atoms with Crippen molar-refractivity contribution in [2.24, 2.45) is 0 Å². The molecule has 0 aromatic carbocycles. The maximum Gasteiger partial charge on any atom is 0.0589 e. The van der Waals surface area contributed by atoms with E-state index in [0.717, 1.165) is 32.8 Å². The minimum absolute atomic E-state index is 0.693. The Morgan fingerprint density at radius 1 is 1.11 bits per heavy atom. The maximum atomic E-state index is 5.22. The van der Waals surface area contributed by atoms with E-state index < -0.39 is 0 Å². The minimum Gasteiger partial charge on any atom is -0.383 e. The van der Waals surface area contributed by atoms with Crippen molar-refractivity contribution >= 4 is 0 Å². The molecule has 0 aliphatic carbocycles. The fourth-order valence-electron chi connectivity index (χ4n) is 2.56. The monoisotopic (exact) mass is 257 g/mol. The second kappa shape index (κ2) is 9.73. The molecule has 1 N–H and O–H groups in total. The third-order valence-electron chi connectivity index (χ3n) is 3.88. The number of ether oxygens (including phenoxy) is 1. The molecule has 0 spiro atoms. The van der Waals surface area contributed by atoms with Crippen molar-refractivity contribution in [3.8, 4) is 0 Å². The first-order valence-corrected chi connectivity index (χ1v) is 7.47. The van der Waals surface area contributed by atoms with Gasteiger partial charge in [-0.1, -0.05) is 13.8 Å². The fraction of sp³-hybridized carbons (Fsp3) is 1.00. The van der Waals surface area contributed by atoms with E-state index in [1.807, 2.05) is 0 Å². The first-order valence-electron chi connectivity index (χ1n) is 7.47. The molecule has 1 saturated heterocycles. The molecule has 18 heavy (non-hydrogen) atoms. The lowest BCUT2D eigenvalue weighted by Crippen LogP contribution is -2.43. The van der Waals surface area contributed by atoms with Crippen LogP contribution in [0.5, 0.6) is 0 Å². The van der Waals surface area contributed by atoms with Gasteiger partial charge in [0.15, 0.2) is 0 Å². The van der Waals surface area contributed by atoms with Crippen LogP contribution in [0.4, 0.5) is 0 Å². The average molecular weight is 257 g/mol. The zero-order valence-corrected chi connectivity index (χ0v) is 12.5. The third-order valence-corrected chi connectivity index (χ3v) is 3.88. The quantitative estimate of drug-likeness (QED) is 0.632. The van der Waals surface area contributed by atoms with Crippen LogP contribution in [0.1, 0.15) is 26.7 Å². The molecular formula is C14H31N3O. The van der Waals surface area contributed by atoms with Gasteiger partial charge in [0.1, 0.15) is 0 Å². The lowest BCUT2D eigenvalue weighted by molar-refractivity contribution is 0.132. The summed E-state index contributed by atoms with van der Waals surface area (Å²) >= 11 is 0. The Kier molecular flexibility index (Phi) is 8.59. The Hall–Kier alpha value is -0.160. The molecule has 1 aliphatic rings. The van der Waals surface area contributed by atoms with Gasteiger partial charge >= 0.3 is 0 Å². The highest BCUT2D eigenvalue weighted by Gasteiger charge is 2.17. The van der Waals surface area contributed by atoms with Crippen molar-refractivity contribution in [3.05, 3.63) is 0 Å². The van der Waals surface area contributed by atoms with Crippen LogP contribution in [0.3, 0.4) is 0 Å². The van der Waals surface area contributed by atoms with Crippen molar-refractivity contribution in [2.75, 3.05) is 59.5 Å². The summed E-state index contributed by atoms with van der Waals surface area (Å²) in [5.41, 5.74) is 0. The predicted molar refractivity (Wildman–Crippen MR) is 77.1 cm³/mol. The van der Waals surface area contributed by atoms with Crippen molar-refractivity contribution in [1.29, 1.82) is 0 Å². The molecule has 108 valence electrons. The summed E-state index contributed by atoms with van der Waals surface area (Å²) in [5, 5.41) is 3.58. The highest BCUT2D eigenvalue weighted by Crippen LogP contribution is 2.07. The Balaban J connectivity index is 2.28. The molecule has 0 aromatic rings. The van der Waals surface area contributed by atoms with Gasteiger partial charge in [0.05, 0.1) is 6.61 Å². The van der Waals surface area contributed by atoms with Gasteiger partial charge in [-0.3, -0.25) is 4.90 Å². The number of likely N-dealkylation sites (N-methyl/N-ethyl adjacent to an activating group) is 1. The molecule has 0 aromatic heterocycles. The Bertz CT molecular complexity index is 191. The number of hydrogen-bond acceptors (Lipinski definition) is 4. The van der Waals surface area contributed by atoms with E-state index in [2.05, 4.69) is 29.0 Å². The van der Waals surface area contributed by atoms with Gasteiger partial charge in [-0.2, -0.15) is 0 Å². The molecule has 0 radical (unpaired) electrons. The fourth-order valence-corrected chi connectivity index (χ4v) is 2.56. The summed E-state index contributed by atoms with van der Waals surface area (Å²) in [6, 6.07) is 0.693. The van der Waals surface area contributed by atoms with Crippen LogP contribution in [0.25, 0.3) is 0 Å². The molecular weight excluding hydrogens is 226 g/mol. The Morgan fingerprint density at radius 3 is 2.39 bits per heavy atom. The van der Waals surface area contributed by atoms with Crippen LogP contribution < -0.4 is 5.32 Å².